The number of rotatable bonds is 8. The summed E-state index contributed by atoms with van der Waals surface area (Å²) >= 11 is 0. The van der Waals surface area contributed by atoms with Crippen molar-refractivity contribution in [1.29, 1.82) is 0 Å². The van der Waals surface area contributed by atoms with E-state index in [1.165, 1.54) is 45.4 Å². The zero-order valence-corrected chi connectivity index (χ0v) is 11.3. The summed E-state index contributed by atoms with van der Waals surface area (Å²) in [6.45, 7) is 11.8. The highest BCUT2D eigenvalue weighted by atomic mass is 15.2. The molecule has 1 atom stereocenters. The Kier molecular flexibility index (Phi) is 7.01. The maximum Gasteiger partial charge on any atom is 0.0109 e. The van der Waals surface area contributed by atoms with Gasteiger partial charge in [0.15, 0.2) is 0 Å². The molecular formula is C13H29N3. The average Bonchev–Trinajstić information content (AvgIpc) is 2.79. The van der Waals surface area contributed by atoms with Gasteiger partial charge in [-0.15, -0.1) is 0 Å². The highest BCUT2D eigenvalue weighted by Gasteiger charge is 2.13. The maximum absolute atomic E-state index is 3.39. The molecule has 0 radical (unpaired) electrons. The van der Waals surface area contributed by atoms with Crippen molar-refractivity contribution >= 4 is 0 Å². The van der Waals surface area contributed by atoms with Gasteiger partial charge in [0.25, 0.3) is 0 Å². The summed E-state index contributed by atoms with van der Waals surface area (Å²) in [6.07, 6.45) is 4.06. The van der Waals surface area contributed by atoms with Crippen LogP contribution in [0.1, 0.15) is 33.1 Å². The molecule has 0 amide bonds. The number of nitrogens with one attached hydrogen (secondary N) is 1. The quantitative estimate of drug-likeness (QED) is 0.632. The molecule has 0 aromatic heterocycles. The molecule has 1 fully saturated rings. The van der Waals surface area contributed by atoms with E-state index in [0.29, 0.717) is 6.04 Å². The molecule has 1 saturated heterocycles. The molecule has 1 unspecified atom stereocenters. The molecular weight excluding hydrogens is 198 g/mol. The third-order valence-electron chi connectivity index (χ3n) is 3.71. The normalized spacial score (nSPS) is 19.5. The first-order chi connectivity index (χ1) is 7.74. The first kappa shape index (κ1) is 13.9. The molecule has 0 spiro atoms. The molecule has 16 heavy (non-hydrogen) atoms. The number of likely N-dealkylation sites (tertiary alicyclic amines) is 1. The minimum Gasteiger partial charge on any atom is -0.317 e. The lowest BCUT2D eigenvalue weighted by molar-refractivity contribution is 0.207. The third-order valence-corrected chi connectivity index (χ3v) is 3.71. The second-order valence-corrected chi connectivity index (χ2v) is 5.02. The Hall–Kier alpha value is -0.120. The number of nitrogens with zero attached hydrogens (tertiary/aromatic N) is 2. The fraction of sp³-hybridized carbons (Fsp3) is 1.00. The number of likely N-dealkylation sites (N-methyl/N-ethyl adjacent to an activating group) is 1. The molecule has 1 rings (SSSR count). The minimum atomic E-state index is 0.696. The van der Waals surface area contributed by atoms with Crippen LogP contribution in [0.5, 0.6) is 0 Å². The van der Waals surface area contributed by atoms with E-state index >= 15 is 0 Å². The largest absolute Gasteiger partial charge is 0.317 e. The van der Waals surface area contributed by atoms with E-state index < -0.39 is 0 Å². The van der Waals surface area contributed by atoms with E-state index in [1.54, 1.807) is 0 Å². The van der Waals surface area contributed by atoms with Crippen molar-refractivity contribution < 1.29 is 0 Å². The van der Waals surface area contributed by atoms with Crippen LogP contribution in [-0.4, -0.2) is 62.2 Å². The van der Waals surface area contributed by atoms with Crippen molar-refractivity contribution in [3.63, 3.8) is 0 Å². The van der Waals surface area contributed by atoms with Gasteiger partial charge in [-0.05, 0) is 59.4 Å². The minimum absolute atomic E-state index is 0.696. The van der Waals surface area contributed by atoms with Crippen LogP contribution < -0.4 is 5.32 Å². The summed E-state index contributed by atoms with van der Waals surface area (Å²) in [4.78, 5) is 5.09. The standard InChI is InChI=1S/C13H29N3/c1-4-14-8-7-13(2)15(3)11-12-16-9-5-6-10-16/h13-14H,4-12H2,1-3H3. The molecule has 1 aliphatic heterocycles. The van der Waals surface area contributed by atoms with Gasteiger partial charge in [0.1, 0.15) is 0 Å². The molecule has 3 heteroatoms. The summed E-state index contributed by atoms with van der Waals surface area (Å²) in [5.41, 5.74) is 0. The van der Waals surface area contributed by atoms with Gasteiger partial charge in [-0.1, -0.05) is 6.92 Å². The lowest BCUT2D eigenvalue weighted by atomic mass is 10.2. The van der Waals surface area contributed by atoms with Gasteiger partial charge in [0.05, 0.1) is 0 Å². The van der Waals surface area contributed by atoms with Crippen molar-refractivity contribution in [2.24, 2.45) is 0 Å². The molecule has 0 saturated carbocycles. The molecule has 1 N–H and O–H groups in total. The lowest BCUT2D eigenvalue weighted by Gasteiger charge is -2.27. The summed E-state index contributed by atoms with van der Waals surface area (Å²) < 4.78 is 0. The highest BCUT2D eigenvalue weighted by Crippen LogP contribution is 2.07. The molecule has 0 aromatic rings. The molecule has 96 valence electrons. The molecule has 1 aliphatic rings. The summed E-state index contributed by atoms with van der Waals surface area (Å²) in [7, 11) is 2.26. The van der Waals surface area contributed by atoms with Crippen LogP contribution in [-0.2, 0) is 0 Å². The van der Waals surface area contributed by atoms with Gasteiger partial charge in [-0.2, -0.15) is 0 Å². The van der Waals surface area contributed by atoms with Crippen molar-refractivity contribution in [3.8, 4) is 0 Å². The van der Waals surface area contributed by atoms with Crippen LogP contribution >= 0.6 is 0 Å². The van der Waals surface area contributed by atoms with Crippen LogP contribution in [0, 0.1) is 0 Å². The SMILES string of the molecule is CCNCCC(C)N(C)CCN1CCCC1. The van der Waals surface area contributed by atoms with Gasteiger partial charge in [-0.25, -0.2) is 0 Å². The summed E-state index contributed by atoms with van der Waals surface area (Å²) in [5, 5.41) is 3.39. The Bertz CT molecular complexity index is 167. The first-order valence-corrected chi connectivity index (χ1v) is 6.87. The van der Waals surface area contributed by atoms with Crippen LogP contribution in [0.4, 0.5) is 0 Å². The van der Waals surface area contributed by atoms with Gasteiger partial charge in [-0.3, -0.25) is 0 Å². The Morgan fingerprint density at radius 2 is 2.00 bits per heavy atom. The topological polar surface area (TPSA) is 18.5 Å². The van der Waals surface area contributed by atoms with E-state index in [1.807, 2.05) is 0 Å². The predicted octanol–water partition coefficient (Wildman–Crippen LogP) is 1.40. The highest BCUT2D eigenvalue weighted by molar-refractivity contribution is 4.70. The predicted molar refractivity (Wildman–Crippen MR) is 70.9 cm³/mol. The van der Waals surface area contributed by atoms with Crippen LogP contribution in [0.3, 0.4) is 0 Å². The molecule has 1 heterocycles. The Morgan fingerprint density at radius 3 is 2.62 bits per heavy atom. The molecule has 3 nitrogen and oxygen atoms in total. The van der Waals surface area contributed by atoms with Crippen molar-refractivity contribution in [2.75, 3.05) is 46.3 Å². The van der Waals surface area contributed by atoms with Crippen LogP contribution in [0.15, 0.2) is 0 Å². The van der Waals surface area contributed by atoms with E-state index in [9.17, 15) is 0 Å². The second kappa shape index (κ2) is 8.04. The zero-order chi connectivity index (χ0) is 11.8. The fourth-order valence-electron chi connectivity index (χ4n) is 2.23. The van der Waals surface area contributed by atoms with Crippen molar-refractivity contribution in [3.05, 3.63) is 0 Å². The number of hydrogen-bond donors (Lipinski definition) is 1. The van der Waals surface area contributed by atoms with Crippen LogP contribution in [0.25, 0.3) is 0 Å². The average molecular weight is 227 g/mol. The second-order valence-electron chi connectivity index (χ2n) is 5.02. The fourth-order valence-corrected chi connectivity index (χ4v) is 2.23. The van der Waals surface area contributed by atoms with Crippen LogP contribution in [0.2, 0.25) is 0 Å². The zero-order valence-electron chi connectivity index (χ0n) is 11.3. The van der Waals surface area contributed by atoms with Gasteiger partial charge >= 0.3 is 0 Å². The third kappa shape index (κ3) is 5.28. The first-order valence-electron chi connectivity index (χ1n) is 6.87. The Balaban J connectivity index is 2.05. The van der Waals surface area contributed by atoms with Gasteiger partial charge in [0, 0.05) is 19.1 Å². The van der Waals surface area contributed by atoms with E-state index in [4.69, 9.17) is 0 Å². The maximum atomic E-state index is 3.39. The van der Waals surface area contributed by atoms with Crippen molar-refractivity contribution in [1.82, 2.24) is 15.1 Å². The van der Waals surface area contributed by atoms with Gasteiger partial charge < -0.3 is 15.1 Å². The van der Waals surface area contributed by atoms with E-state index in [0.717, 1.165) is 13.1 Å². The van der Waals surface area contributed by atoms with E-state index in [-0.39, 0.29) is 0 Å². The summed E-state index contributed by atoms with van der Waals surface area (Å²) in [5.74, 6) is 0. The van der Waals surface area contributed by atoms with Crippen molar-refractivity contribution in [2.45, 2.75) is 39.2 Å². The molecule has 0 aliphatic carbocycles. The molecule has 0 bridgehead atoms. The summed E-state index contributed by atoms with van der Waals surface area (Å²) in [6, 6.07) is 0.696. The number of hydrogen-bond acceptors (Lipinski definition) is 3. The molecule has 0 aromatic carbocycles. The Labute approximate surface area is 101 Å². The Morgan fingerprint density at radius 1 is 1.31 bits per heavy atom. The lowest BCUT2D eigenvalue weighted by Crippen LogP contribution is -2.37. The van der Waals surface area contributed by atoms with Gasteiger partial charge in [0.2, 0.25) is 0 Å². The monoisotopic (exact) mass is 227 g/mol. The smallest absolute Gasteiger partial charge is 0.0109 e. The van der Waals surface area contributed by atoms with E-state index in [2.05, 4.69) is 36.0 Å².